The molecular formula is C15H20N4O2. The molecule has 0 fully saturated rings. The number of aliphatic carboxylic acids is 1. The summed E-state index contributed by atoms with van der Waals surface area (Å²) in [6.07, 6.45) is 0. The Morgan fingerprint density at radius 1 is 1.33 bits per heavy atom. The second-order valence-electron chi connectivity index (χ2n) is 4.97. The minimum absolute atomic E-state index is 0.187. The molecule has 1 atom stereocenters. The van der Waals surface area contributed by atoms with Gasteiger partial charge in [-0.15, -0.1) is 0 Å². The van der Waals surface area contributed by atoms with Gasteiger partial charge in [0.2, 0.25) is 0 Å². The van der Waals surface area contributed by atoms with Crippen molar-refractivity contribution in [3.63, 3.8) is 0 Å². The molecule has 2 N–H and O–H groups in total. The Labute approximate surface area is 123 Å². The highest BCUT2D eigenvalue weighted by molar-refractivity contribution is 5.80. The van der Waals surface area contributed by atoms with Crippen molar-refractivity contribution in [1.82, 2.24) is 20.1 Å². The molecule has 0 aliphatic heterocycles. The summed E-state index contributed by atoms with van der Waals surface area (Å²) in [7, 11) is 0. The van der Waals surface area contributed by atoms with Crippen LogP contribution >= 0.6 is 0 Å². The summed E-state index contributed by atoms with van der Waals surface area (Å²) in [5.41, 5.74) is -0.520. The third-order valence-electron chi connectivity index (χ3n) is 3.46. The Hall–Kier alpha value is -2.21. The number of carboxylic acid groups (broad SMARTS) is 1. The van der Waals surface area contributed by atoms with Crippen molar-refractivity contribution in [2.24, 2.45) is 0 Å². The summed E-state index contributed by atoms with van der Waals surface area (Å²) in [6.45, 7) is 6.23. The van der Waals surface area contributed by atoms with Gasteiger partial charge in [-0.1, -0.05) is 37.3 Å². The largest absolute Gasteiger partial charge is 0.480 e. The third kappa shape index (κ3) is 2.95. The number of hydrogen-bond acceptors (Lipinski definition) is 4. The van der Waals surface area contributed by atoms with Crippen LogP contribution in [0, 0.1) is 13.8 Å². The van der Waals surface area contributed by atoms with Crippen LogP contribution in [0.3, 0.4) is 0 Å². The molecule has 1 aromatic heterocycles. The lowest BCUT2D eigenvalue weighted by atomic mass is 9.89. The van der Waals surface area contributed by atoms with Crippen molar-refractivity contribution in [1.29, 1.82) is 0 Å². The summed E-state index contributed by atoms with van der Waals surface area (Å²) in [4.78, 5) is 16.2. The molecule has 2 rings (SSSR count). The number of aromatic nitrogens is 3. The van der Waals surface area contributed by atoms with E-state index in [4.69, 9.17) is 0 Å². The van der Waals surface area contributed by atoms with Gasteiger partial charge in [-0.3, -0.25) is 5.32 Å². The molecule has 0 bridgehead atoms. The number of aryl methyl sites for hydroxylation is 2. The van der Waals surface area contributed by atoms with E-state index in [2.05, 4.69) is 15.4 Å². The fourth-order valence-electron chi connectivity index (χ4n) is 2.48. The Kier molecular flexibility index (Phi) is 4.37. The number of nitrogens with zero attached hydrogens (tertiary/aromatic N) is 3. The summed E-state index contributed by atoms with van der Waals surface area (Å²) in [6, 6.07) is 9.17. The molecule has 112 valence electrons. The van der Waals surface area contributed by atoms with Crippen molar-refractivity contribution < 1.29 is 9.90 Å². The van der Waals surface area contributed by atoms with Gasteiger partial charge in [-0.2, -0.15) is 5.10 Å². The highest BCUT2D eigenvalue weighted by Crippen LogP contribution is 2.24. The van der Waals surface area contributed by atoms with Gasteiger partial charge in [0.25, 0.3) is 0 Å². The van der Waals surface area contributed by atoms with Crippen LogP contribution in [-0.4, -0.2) is 32.4 Å². The first kappa shape index (κ1) is 15.2. The molecular weight excluding hydrogens is 268 g/mol. The lowest BCUT2D eigenvalue weighted by molar-refractivity contribution is -0.146. The van der Waals surface area contributed by atoms with E-state index < -0.39 is 11.5 Å². The monoisotopic (exact) mass is 288 g/mol. The average Bonchev–Trinajstić information content (AvgIpc) is 2.77. The summed E-state index contributed by atoms with van der Waals surface area (Å²) in [5, 5.41) is 17.2. The van der Waals surface area contributed by atoms with Crippen LogP contribution in [0.25, 0.3) is 0 Å². The van der Waals surface area contributed by atoms with Gasteiger partial charge in [0.05, 0.1) is 6.54 Å². The first-order chi connectivity index (χ1) is 9.99. The van der Waals surface area contributed by atoms with Crippen LogP contribution in [0.15, 0.2) is 30.3 Å². The Morgan fingerprint density at radius 3 is 2.48 bits per heavy atom. The lowest BCUT2D eigenvalue weighted by Crippen LogP contribution is -2.52. The molecule has 0 amide bonds. The Morgan fingerprint density at radius 2 is 2.00 bits per heavy atom. The van der Waals surface area contributed by atoms with Gasteiger partial charge in [0.1, 0.15) is 11.6 Å². The topological polar surface area (TPSA) is 80.0 Å². The molecule has 0 saturated heterocycles. The summed E-state index contributed by atoms with van der Waals surface area (Å²) >= 11 is 0. The van der Waals surface area contributed by atoms with Gasteiger partial charge >= 0.3 is 5.97 Å². The van der Waals surface area contributed by atoms with E-state index in [1.807, 2.05) is 44.2 Å². The molecule has 0 aliphatic rings. The number of rotatable bonds is 6. The zero-order valence-electron chi connectivity index (χ0n) is 12.5. The smallest absolute Gasteiger partial charge is 0.330 e. The first-order valence-corrected chi connectivity index (χ1v) is 6.91. The minimum Gasteiger partial charge on any atom is -0.480 e. The van der Waals surface area contributed by atoms with Gasteiger partial charge in [0, 0.05) is 0 Å². The van der Waals surface area contributed by atoms with Crippen LogP contribution in [0.5, 0.6) is 0 Å². The van der Waals surface area contributed by atoms with E-state index in [1.54, 1.807) is 11.6 Å². The predicted molar refractivity (Wildman–Crippen MR) is 78.9 cm³/mol. The number of carbonyl (C=O) groups is 1. The summed E-state index contributed by atoms with van der Waals surface area (Å²) < 4.78 is 1.64. The van der Waals surface area contributed by atoms with E-state index in [-0.39, 0.29) is 6.54 Å². The van der Waals surface area contributed by atoms with Crippen molar-refractivity contribution >= 4 is 5.97 Å². The SMILES string of the molecule is CCNC(Cn1nc(C)nc1C)(C(=O)O)c1ccccc1. The van der Waals surface area contributed by atoms with E-state index in [0.717, 1.165) is 0 Å². The maximum atomic E-state index is 12.0. The zero-order chi connectivity index (χ0) is 15.5. The number of benzene rings is 1. The minimum atomic E-state index is -1.22. The van der Waals surface area contributed by atoms with E-state index in [9.17, 15) is 9.90 Å². The van der Waals surface area contributed by atoms with Gasteiger partial charge in [-0.05, 0) is 26.0 Å². The summed E-state index contributed by atoms with van der Waals surface area (Å²) in [5.74, 6) is 0.409. The van der Waals surface area contributed by atoms with Crippen molar-refractivity contribution in [2.45, 2.75) is 32.9 Å². The average molecular weight is 288 g/mol. The van der Waals surface area contributed by atoms with Crippen LogP contribution < -0.4 is 5.32 Å². The van der Waals surface area contributed by atoms with E-state index >= 15 is 0 Å². The highest BCUT2D eigenvalue weighted by Gasteiger charge is 2.40. The number of carboxylic acids is 1. The quantitative estimate of drug-likeness (QED) is 0.841. The molecule has 0 radical (unpaired) electrons. The van der Waals surface area contributed by atoms with Crippen LogP contribution in [0.4, 0.5) is 0 Å². The molecule has 2 aromatic rings. The van der Waals surface area contributed by atoms with Crippen molar-refractivity contribution in [2.75, 3.05) is 6.54 Å². The van der Waals surface area contributed by atoms with Crippen molar-refractivity contribution in [3.8, 4) is 0 Å². The maximum Gasteiger partial charge on any atom is 0.330 e. The third-order valence-corrected chi connectivity index (χ3v) is 3.46. The highest BCUT2D eigenvalue weighted by atomic mass is 16.4. The van der Waals surface area contributed by atoms with Crippen LogP contribution in [0.2, 0.25) is 0 Å². The number of nitrogens with one attached hydrogen (secondary N) is 1. The second-order valence-corrected chi connectivity index (χ2v) is 4.97. The molecule has 0 spiro atoms. The number of likely N-dealkylation sites (N-methyl/N-ethyl adjacent to an activating group) is 1. The van der Waals surface area contributed by atoms with E-state index in [1.165, 1.54) is 0 Å². The van der Waals surface area contributed by atoms with Gasteiger partial charge in [0.15, 0.2) is 5.54 Å². The van der Waals surface area contributed by atoms with Crippen molar-refractivity contribution in [3.05, 3.63) is 47.5 Å². The molecule has 6 heteroatoms. The molecule has 1 unspecified atom stereocenters. The van der Waals surface area contributed by atoms with Gasteiger partial charge < -0.3 is 5.11 Å². The fourth-order valence-corrected chi connectivity index (χ4v) is 2.48. The van der Waals surface area contributed by atoms with Crippen LogP contribution in [0.1, 0.15) is 24.1 Å². The van der Waals surface area contributed by atoms with Crippen LogP contribution in [-0.2, 0) is 16.9 Å². The first-order valence-electron chi connectivity index (χ1n) is 6.91. The normalized spacial score (nSPS) is 13.9. The molecule has 1 heterocycles. The molecule has 0 saturated carbocycles. The second kappa shape index (κ2) is 6.05. The predicted octanol–water partition coefficient (Wildman–Crippen LogP) is 1.48. The zero-order valence-corrected chi connectivity index (χ0v) is 12.5. The lowest BCUT2D eigenvalue weighted by Gasteiger charge is -2.31. The molecule has 21 heavy (non-hydrogen) atoms. The van der Waals surface area contributed by atoms with Gasteiger partial charge in [-0.25, -0.2) is 14.5 Å². The Balaban J connectivity index is 2.50. The molecule has 1 aromatic carbocycles. The standard InChI is InChI=1S/C15H20N4O2/c1-4-16-15(14(20)21,13-8-6-5-7-9-13)10-19-12(3)17-11(2)18-19/h5-9,16H,4,10H2,1-3H3,(H,20,21). The Bertz CT molecular complexity index is 624. The fraction of sp³-hybridized carbons (Fsp3) is 0.400. The molecule has 6 nitrogen and oxygen atoms in total. The number of hydrogen-bond donors (Lipinski definition) is 2. The maximum absolute atomic E-state index is 12.0. The van der Waals surface area contributed by atoms with E-state index in [0.29, 0.717) is 23.8 Å². The molecule has 0 aliphatic carbocycles.